The number of urea groups is 1. The number of rotatable bonds is 2. The number of aliphatic carboxylic acids is 1. The van der Waals surface area contributed by atoms with Crippen molar-refractivity contribution in [3.8, 4) is 0 Å². The Morgan fingerprint density at radius 1 is 1.19 bits per heavy atom. The van der Waals surface area contributed by atoms with Gasteiger partial charge < -0.3 is 15.3 Å². The number of carbonyl (C=O) groups is 2. The zero-order chi connectivity index (χ0) is 14.8. The first-order valence-electron chi connectivity index (χ1n) is 7.48. The molecule has 21 heavy (non-hydrogen) atoms. The van der Waals surface area contributed by atoms with E-state index in [9.17, 15) is 9.59 Å². The molecule has 0 saturated carbocycles. The van der Waals surface area contributed by atoms with Gasteiger partial charge in [0.25, 0.3) is 0 Å². The van der Waals surface area contributed by atoms with Crippen LogP contribution in [0.3, 0.4) is 0 Å². The molecule has 5 heteroatoms. The van der Waals surface area contributed by atoms with Crippen molar-refractivity contribution in [2.75, 3.05) is 13.1 Å². The van der Waals surface area contributed by atoms with Gasteiger partial charge in [0.1, 0.15) is 0 Å². The molecule has 0 bridgehead atoms. The fourth-order valence-electron chi connectivity index (χ4n) is 3.29. The van der Waals surface area contributed by atoms with Crippen molar-refractivity contribution in [2.45, 2.75) is 31.7 Å². The molecule has 112 valence electrons. The average Bonchev–Trinajstić information content (AvgIpc) is 2.89. The lowest BCUT2D eigenvalue weighted by molar-refractivity contribution is -0.143. The van der Waals surface area contributed by atoms with Gasteiger partial charge in [0.15, 0.2) is 0 Å². The molecular formula is C16H20N2O3. The van der Waals surface area contributed by atoms with Crippen molar-refractivity contribution >= 4 is 12.0 Å². The van der Waals surface area contributed by atoms with E-state index in [1.165, 1.54) is 11.1 Å². The second-order valence-corrected chi connectivity index (χ2v) is 5.95. The van der Waals surface area contributed by atoms with Gasteiger partial charge in [-0.1, -0.05) is 24.3 Å². The lowest BCUT2D eigenvalue weighted by atomic mass is 9.99. The summed E-state index contributed by atoms with van der Waals surface area (Å²) in [6.07, 6.45) is 3.14. The van der Waals surface area contributed by atoms with E-state index in [1.54, 1.807) is 4.90 Å². The molecular weight excluding hydrogens is 268 g/mol. The highest BCUT2D eigenvalue weighted by Crippen LogP contribution is 2.22. The number of fused-ring (bicyclic) bond motifs is 1. The average molecular weight is 288 g/mol. The zero-order valence-corrected chi connectivity index (χ0v) is 11.9. The molecule has 2 aliphatic rings. The van der Waals surface area contributed by atoms with Crippen LogP contribution in [0.4, 0.5) is 4.79 Å². The van der Waals surface area contributed by atoms with Gasteiger partial charge in [-0.25, -0.2) is 4.79 Å². The third kappa shape index (κ3) is 3.01. The maximum absolute atomic E-state index is 12.3. The molecule has 1 aliphatic carbocycles. The first-order valence-corrected chi connectivity index (χ1v) is 7.48. The minimum atomic E-state index is -0.805. The van der Waals surface area contributed by atoms with Crippen molar-refractivity contribution in [3.05, 3.63) is 35.4 Å². The number of piperidine rings is 1. The summed E-state index contributed by atoms with van der Waals surface area (Å²) in [5, 5.41) is 12.1. The predicted molar refractivity (Wildman–Crippen MR) is 78.1 cm³/mol. The lowest BCUT2D eigenvalue weighted by Crippen LogP contribution is -2.50. The number of nitrogens with zero attached hydrogens (tertiary/aromatic N) is 1. The highest BCUT2D eigenvalue weighted by Gasteiger charge is 2.30. The summed E-state index contributed by atoms with van der Waals surface area (Å²) >= 11 is 0. The highest BCUT2D eigenvalue weighted by atomic mass is 16.4. The minimum Gasteiger partial charge on any atom is -0.481 e. The van der Waals surface area contributed by atoms with Crippen LogP contribution in [0, 0.1) is 5.92 Å². The fourth-order valence-corrected chi connectivity index (χ4v) is 3.29. The highest BCUT2D eigenvalue weighted by molar-refractivity contribution is 5.77. The Hall–Kier alpha value is -2.04. The normalized spacial score (nSPS) is 21.9. The quantitative estimate of drug-likeness (QED) is 0.869. The van der Waals surface area contributed by atoms with Gasteiger partial charge in [0.05, 0.1) is 5.92 Å². The molecule has 1 heterocycles. The number of nitrogens with one attached hydrogen (secondary N) is 1. The smallest absolute Gasteiger partial charge is 0.317 e. The van der Waals surface area contributed by atoms with E-state index in [0.717, 1.165) is 19.3 Å². The van der Waals surface area contributed by atoms with E-state index in [1.807, 2.05) is 12.1 Å². The molecule has 1 aliphatic heterocycles. The Morgan fingerprint density at radius 2 is 1.86 bits per heavy atom. The Morgan fingerprint density at radius 3 is 2.48 bits per heavy atom. The van der Waals surface area contributed by atoms with E-state index in [2.05, 4.69) is 17.4 Å². The number of benzene rings is 1. The second kappa shape index (κ2) is 5.76. The largest absolute Gasteiger partial charge is 0.481 e. The van der Waals surface area contributed by atoms with Crippen LogP contribution in [0.1, 0.15) is 24.0 Å². The van der Waals surface area contributed by atoms with Gasteiger partial charge in [0.2, 0.25) is 0 Å². The van der Waals surface area contributed by atoms with Crippen LogP contribution in [0.15, 0.2) is 24.3 Å². The molecule has 1 unspecified atom stereocenters. The van der Waals surface area contributed by atoms with Crippen LogP contribution in [-0.4, -0.2) is 41.1 Å². The van der Waals surface area contributed by atoms with Crippen molar-refractivity contribution < 1.29 is 14.7 Å². The summed E-state index contributed by atoms with van der Waals surface area (Å²) in [5.41, 5.74) is 2.59. The molecule has 1 aromatic rings. The van der Waals surface area contributed by atoms with Crippen LogP contribution in [0.25, 0.3) is 0 Å². The van der Waals surface area contributed by atoms with Crippen LogP contribution >= 0.6 is 0 Å². The van der Waals surface area contributed by atoms with Crippen molar-refractivity contribution in [2.24, 2.45) is 5.92 Å². The summed E-state index contributed by atoms with van der Waals surface area (Å²) in [5.74, 6) is -1.23. The number of amides is 2. The standard InChI is InChI=1S/C16H20N2O3/c19-15(20)13-6-3-7-18(10-13)16(21)17-14-8-11-4-1-2-5-12(11)9-14/h1-2,4-5,13-14H,3,6-10H2,(H,17,21)(H,19,20). The van der Waals surface area contributed by atoms with Crippen molar-refractivity contribution in [1.29, 1.82) is 0 Å². The molecule has 0 radical (unpaired) electrons. The number of likely N-dealkylation sites (tertiary alicyclic amines) is 1. The van der Waals surface area contributed by atoms with Gasteiger partial charge >= 0.3 is 12.0 Å². The van der Waals surface area contributed by atoms with Gasteiger partial charge in [-0.2, -0.15) is 0 Å². The van der Waals surface area contributed by atoms with E-state index in [-0.39, 0.29) is 12.1 Å². The Bertz CT molecular complexity index is 533. The van der Waals surface area contributed by atoms with Crippen molar-refractivity contribution in [1.82, 2.24) is 10.2 Å². The number of carboxylic acids is 1. The molecule has 2 N–H and O–H groups in total. The van der Waals surface area contributed by atoms with Crippen LogP contribution in [-0.2, 0) is 17.6 Å². The zero-order valence-electron chi connectivity index (χ0n) is 11.9. The summed E-state index contributed by atoms with van der Waals surface area (Å²) < 4.78 is 0. The molecule has 5 nitrogen and oxygen atoms in total. The molecule has 1 atom stereocenters. The van der Waals surface area contributed by atoms with Crippen LogP contribution < -0.4 is 5.32 Å². The van der Waals surface area contributed by atoms with Gasteiger partial charge in [0, 0.05) is 19.1 Å². The van der Waals surface area contributed by atoms with Gasteiger partial charge in [-0.3, -0.25) is 4.79 Å². The number of hydrogen-bond donors (Lipinski definition) is 2. The maximum atomic E-state index is 12.3. The topological polar surface area (TPSA) is 69.6 Å². The summed E-state index contributed by atoms with van der Waals surface area (Å²) in [6.45, 7) is 0.968. The summed E-state index contributed by atoms with van der Waals surface area (Å²) in [6, 6.07) is 8.24. The minimum absolute atomic E-state index is 0.125. The molecule has 1 fully saturated rings. The Kier molecular flexibility index (Phi) is 3.82. The van der Waals surface area contributed by atoms with Gasteiger partial charge in [-0.15, -0.1) is 0 Å². The Labute approximate surface area is 123 Å². The van der Waals surface area contributed by atoms with E-state index < -0.39 is 11.9 Å². The maximum Gasteiger partial charge on any atom is 0.317 e. The van der Waals surface area contributed by atoms with E-state index in [0.29, 0.717) is 19.5 Å². The summed E-state index contributed by atoms with van der Waals surface area (Å²) in [4.78, 5) is 25.0. The first-order chi connectivity index (χ1) is 10.1. The monoisotopic (exact) mass is 288 g/mol. The molecule has 0 spiro atoms. The molecule has 3 rings (SSSR count). The van der Waals surface area contributed by atoms with E-state index >= 15 is 0 Å². The second-order valence-electron chi connectivity index (χ2n) is 5.95. The van der Waals surface area contributed by atoms with Crippen LogP contribution in [0.2, 0.25) is 0 Å². The third-order valence-electron chi connectivity index (χ3n) is 4.44. The molecule has 2 amide bonds. The number of carbonyl (C=O) groups excluding carboxylic acids is 1. The van der Waals surface area contributed by atoms with Crippen molar-refractivity contribution in [3.63, 3.8) is 0 Å². The fraction of sp³-hybridized carbons (Fsp3) is 0.500. The lowest BCUT2D eigenvalue weighted by Gasteiger charge is -2.31. The Balaban J connectivity index is 1.57. The molecule has 1 aromatic carbocycles. The number of carboxylic acid groups (broad SMARTS) is 1. The van der Waals surface area contributed by atoms with Crippen LogP contribution in [0.5, 0.6) is 0 Å². The first kappa shape index (κ1) is 13.9. The molecule has 0 aromatic heterocycles. The molecule has 1 saturated heterocycles. The predicted octanol–water partition coefficient (Wildman–Crippen LogP) is 1.66. The third-order valence-corrected chi connectivity index (χ3v) is 4.44. The SMILES string of the molecule is O=C(O)C1CCCN(C(=O)NC2Cc3ccccc3C2)C1. The summed E-state index contributed by atoms with van der Waals surface area (Å²) in [7, 11) is 0. The van der Waals surface area contributed by atoms with Gasteiger partial charge in [-0.05, 0) is 36.8 Å². The number of hydrogen-bond acceptors (Lipinski definition) is 2. The van der Waals surface area contributed by atoms with E-state index in [4.69, 9.17) is 5.11 Å².